The summed E-state index contributed by atoms with van der Waals surface area (Å²) in [6.45, 7) is 4.22. The highest BCUT2D eigenvalue weighted by Crippen LogP contribution is 2.13. The summed E-state index contributed by atoms with van der Waals surface area (Å²) in [6, 6.07) is 5.66. The minimum atomic E-state index is -0.711. The molecule has 0 saturated carbocycles. The fraction of sp³-hybridized carbons (Fsp3) is 0.471. The van der Waals surface area contributed by atoms with Gasteiger partial charge < -0.3 is 21.3 Å². The Morgan fingerprint density at radius 3 is 2.25 bits per heavy atom. The van der Waals surface area contributed by atoms with Crippen LogP contribution in [-0.2, 0) is 11.3 Å². The second-order valence-electron chi connectivity index (χ2n) is 5.84. The number of primary amides is 1. The van der Waals surface area contributed by atoms with Gasteiger partial charge in [0, 0.05) is 26.2 Å². The Balaban J connectivity index is 2.80. The monoisotopic (exact) mass is 334 g/mol. The molecule has 24 heavy (non-hydrogen) atoms. The van der Waals surface area contributed by atoms with E-state index in [1.165, 1.54) is 0 Å². The number of carbonyl (C=O) groups excluding carboxylic acids is 3. The second kappa shape index (κ2) is 8.90. The van der Waals surface area contributed by atoms with Gasteiger partial charge in [-0.2, -0.15) is 0 Å². The van der Waals surface area contributed by atoms with Crippen LogP contribution >= 0.6 is 0 Å². The molecular weight excluding hydrogens is 308 g/mol. The normalized spacial score (nSPS) is 12.8. The van der Waals surface area contributed by atoms with E-state index in [9.17, 15) is 14.4 Å². The lowest BCUT2D eigenvalue weighted by molar-refractivity contribution is -0.133. The number of benzene rings is 1. The van der Waals surface area contributed by atoms with Gasteiger partial charge in [0.05, 0.1) is 0 Å². The Hall–Kier alpha value is -2.57. The van der Waals surface area contributed by atoms with Crippen molar-refractivity contribution in [3.8, 4) is 0 Å². The van der Waals surface area contributed by atoms with Crippen LogP contribution in [-0.4, -0.2) is 42.9 Å². The molecule has 2 atom stereocenters. The van der Waals surface area contributed by atoms with Gasteiger partial charge in [-0.1, -0.05) is 32.4 Å². The van der Waals surface area contributed by atoms with Gasteiger partial charge in [0.15, 0.2) is 0 Å². The molecule has 0 aliphatic carbocycles. The third kappa shape index (κ3) is 5.26. The SMILES string of the molecule is CC[C@H](C)[C@H](NC(N)=O)C(=O)N(C)Cc1ccc(C(=O)NC)cc1. The van der Waals surface area contributed by atoms with Crippen molar-refractivity contribution >= 4 is 17.8 Å². The fourth-order valence-electron chi connectivity index (χ4n) is 2.33. The van der Waals surface area contributed by atoms with Gasteiger partial charge in [0.25, 0.3) is 5.91 Å². The first-order valence-corrected chi connectivity index (χ1v) is 7.92. The molecule has 0 saturated heterocycles. The molecule has 0 radical (unpaired) electrons. The van der Waals surface area contributed by atoms with Crippen molar-refractivity contribution in [2.75, 3.05) is 14.1 Å². The second-order valence-corrected chi connectivity index (χ2v) is 5.84. The molecule has 4 N–H and O–H groups in total. The lowest BCUT2D eigenvalue weighted by Gasteiger charge is -2.27. The number of nitrogens with zero attached hydrogens (tertiary/aromatic N) is 1. The zero-order chi connectivity index (χ0) is 18.3. The molecule has 7 nitrogen and oxygen atoms in total. The number of amides is 4. The van der Waals surface area contributed by atoms with Crippen LogP contribution < -0.4 is 16.4 Å². The molecule has 0 aliphatic rings. The standard InChI is InChI=1S/C17H26N4O3/c1-5-11(2)14(20-17(18)24)16(23)21(4)10-12-6-8-13(9-7-12)15(22)19-3/h6-9,11,14H,5,10H2,1-4H3,(H,19,22)(H3,18,20,24)/t11-,14-/m0/s1. The highest BCUT2D eigenvalue weighted by Gasteiger charge is 2.27. The molecule has 0 unspecified atom stereocenters. The van der Waals surface area contributed by atoms with Crippen molar-refractivity contribution in [2.24, 2.45) is 11.7 Å². The quantitative estimate of drug-likeness (QED) is 0.695. The maximum Gasteiger partial charge on any atom is 0.312 e. The Kier molecular flexibility index (Phi) is 7.23. The van der Waals surface area contributed by atoms with Crippen LogP contribution in [0.2, 0.25) is 0 Å². The first-order chi connectivity index (χ1) is 11.3. The molecule has 7 heteroatoms. The third-order valence-electron chi connectivity index (χ3n) is 4.02. The smallest absolute Gasteiger partial charge is 0.312 e. The first kappa shape index (κ1) is 19.5. The molecule has 1 aromatic carbocycles. The van der Waals surface area contributed by atoms with Gasteiger partial charge >= 0.3 is 6.03 Å². The van der Waals surface area contributed by atoms with Crippen LogP contribution in [0, 0.1) is 5.92 Å². The fourth-order valence-corrected chi connectivity index (χ4v) is 2.33. The molecule has 0 heterocycles. The van der Waals surface area contributed by atoms with E-state index in [4.69, 9.17) is 5.73 Å². The molecule has 0 spiro atoms. The van der Waals surface area contributed by atoms with E-state index in [-0.39, 0.29) is 17.7 Å². The molecule has 132 valence electrons. The van der Waals surface area contributed by atoms with E-state index >= 15 is 0 Å². The van der Waals surface area contributed by atoms with Gasteiger partial charge in [0.1, 0.15) is 6.04 Å². The van der Waals surface area contributed by atoms with E-state index in [1.54, 1.807) is 43.3 Å². The van der Waals surface area contributed by atoms with Gasteiger partial charge in [-0.05, 0) is 23.6 Å². The number of carbonyl (C=O) groups is 3. The predicted octanol–water partition coefficient (Wildman–Crippen LogP) is 1.09. The van der Waals surface area contributed by atoms with Gasteiger partial charge in [-0.15, -0.1) is 0 Å². The Morgan fingerprint density at radius 1 is 1.21 bits per heavy atom. The van der Waals surface area contributed by atoms with Crippen LogP contribution in [0.3, 0.4) is 0 Å². The Morgan fingerprint density at radius 2 is 1.79 bits per heavy atom. The lowest BCUT2D eigenvalue weighted by Crippen LogP contribution is -2.52. The predicted molar refractivity (Wildman–Crippen MR) is 92.3 cm³/mol. The van der Waals surface area contributed by atoms with Gasteiger partial charge in [-0.25, -0.2) is 4.79 Å². The topological polar surface area (TPSA) is 105 Å². The van der Waals surface area contributed by atoms with E-state index < -0.39 is 12.1 Å². The summed E-state index contributed by atoms with van der Waals surface area (Å²) >= 11 is 0. The summed E-state index contributed by atoms with van der Waals surface area (Å²) in [6.07, 6.45) is 0.741. The van der Waals surface area contributed by atoms with Crippen LogP contribution in [0.1, 0.15) is 36.2 Å². The number of rotatable bonds is 7. The number of nitrogens with one attached hydrogen (secondary N) is 2. The molecule has 0 aromatic heterocycles. The van der Waals surface area contributed by atoms with Crippen LogP contribution in [0.25, 0.3) is 0 Å². The summed E-state index contributed by atoms with van der Waals surface area (Å²) in [4.78, 5) is 36.8. The van der Waals surface area contributed by atoms with E-state index in [0.29, 0.717) is 12.1 Å². The van der Waals surface area contributed by atoms with Crippen LogP contribution in [0.4, 0.5) is 4.79 Å². The van der Waals surface area contributed by atoms with Crippen molar-refractivity contribution in [1.29, 1.82) is 0 Å². The number of urea groups is 1. The van der Waals surface area contributed by atoms with Gasteiger partial charge in [0.2, 0.25) is 5.91 Å². The summed E-state index contributed by atoms with van der Waals surface area (Å²) < 4.78 is 0. The molecule has 4 amide bonds. The van der Waals surface area contributed by atoms with E-state index in [1.807, 2.05) is 13.8 Å². The molecule has 0 bridgehead atoms. The van der Waals surface area contributed by atoms with Crippen LogP contribution in [0.5, 0.6) is 0 Å². The van der Waals surface area contributed by atoms with E-state index in [0.717, 1.165) is 12.0 Å². The lowest BCUT2D eigenvalue weighted by atomic mass is 9.98. The summed E-state index contributed by atoms with van der Waals surface area (Å²) in [5.41, 5.74) is 6.62. The summed E-state index contributed by atoms with van der Waals surface area (Å²) in [5.74, 6) is -0.380. The number of likely N-dealkylation sites (N-methyl/N-ethyl adjacent to an activating group) is 1. The largest absolute Gasteiger partial charge is 0.355 e. The molecule has 0 fully saturated rings. The van der Waals surface area contributed by atoms with Crippen molar-refractivity contribution < 1.29 is 14.4 Å². The Labute approximate surface area is 142 Å². The average molecular weight is 334 g/mol. The van der Waals surface area contributed by atoms with Crippen molar-refractivity contribution in [3.63, 3.8) is 0 Å². The van der Waals surface area contributed by atoms with Crippen molar-refractivity contribution in [3.05, 3.63) is 35.4 Å². The zero-order valence-corrected chi connectivity index (χ0v) is 14.6. The summed E-state index contributed by atoms with van der Waals surface area (Å²) in [7, 11) is 3.25. The first-order valence-electron chi connectivity index (χ1n) is 7.92. The van der Waals surface area contributed by atoms with Crippen LogP contribution in [0.15, 0.2) is 24.3 Å². The zero-order valence-electron chi connectivity index (χ0n) is 14.6. The number of hydrogen-bond acceptors (Lipinski definition) is 3. The van der Waals surface area contributed by atoms with E-state index in [2.05, 4.69) is 10.6 Å². The molecule has 1 aromatic rings. The maximum atomic E-state index is 12.6. The number of nitrogens with two attached hydrogens (primary N) is 1. The summed E-state index contributed by atoms with van der Waals surface area (Å²) in [5, 5.41) is 5.08. The minimum Gasteiger partial charge on any atom is -0.355 e. The highest BCUT2D eigenvalue weighted by atomic mass is 16.2. The Bertz CT molecular complexity index is 586. The highest BCUT2D eigenvalue weighted by molar-refractivity contribution is 5.94. The molecule has 0 aliphatic heterocycles. The average Bonchev–Trinajstić information content (AvgIpc) is 2.58. The molecule has 1 rings (SSSR count). The van der Waals surface area contributed by atoms with Gasteiger partial charge in [-0.3, -0.25) is 9.59 Å². The minimum absolute atomic E-state index is 0.0249. The van der Waals surface area contributed by atoms with Crippen molar-refractivity contribution in [1.82, 2.24) is 15.5 Å². The maximum absolute atomic E-state index is 12.6. The van der Waals surface area contributed by atoms with Crippen molar-refractivity contribution in [2.45, 2.75) is 32.9 Å². The molecular formula is C17H26N4O3. The third-order valence-corrected chi connectivity index (χ3v) is 4.02. The number of hydrogen-bond donors (Lipinski definition) is 3.